The van der Waals surface area contributed by atoms with Crippen LogP contribution in [-0.2, 0) is 19.2 Å². The van der Waals surface area contributed by atoms with E-state index < -0.39 is 42.0 Å². The molecule has 1 saturated heterocycles. The molecular formula is C23H45N13O5. The highest BCUT2D eigenvalue weighted by atomic mass is 16.4. The molecule has 41 heavy (non-hydrogen) atoms. The standard InChI is InChI=1S/C23H45N13O5/c24-21(25)31-10-2-6-14(34-17(37)13-5-1-9-30-13)18(38)35-15(7-3-11-32-22(26)27)19(39)36-16(20(40)41)8-4-12-33-23(28)29/h13-16,30H,1-12H2,(H,34,37)(H,35,38)(H,36,39)(H,40,41)(H4,24,25,31)(H4,26,27,32)(H4,28,29,33). The Balaban J connectivity index is 3.01. The first kappa shape index (κ1) is 34.7. The maximum Gasteiger partial charge on any atom is 0.326 e. The molecule has 1 rings (SSSR count). The van der Waals surface area contributed by atoms with Gasteiger partial charge in [-0.3, -0.25) is 29.4 Å². The molecule has 4 unspecified atom stereocenters. The molecule has 17 N–H and O–H groups in total. The predicted molar refractivity (Wildman–Crippen MR) is 154 cm³/mol. The van der Waals surface area contributed by atoms with Gasteiger partial charge in [0.15, 0.2) is 17.9 Å². The minimum absolute atomic E-state index is 0.0460. The summed E-state index contributed by atoms with van der Waals surface area (Å²) in [4.78, 5) is 62.6. The second-order valence-electron chi connectivity index (χ2n) is 9.52. The maximum absolute atomic E-state index is 13.3. The fourth-order valence-corrected chi connectivity index (χ4v) is 4.03. The van der Waals surface area contributed by atoms with E-state index in [0.717, 1.165) is 6.42 Å². The maximum atomic E-state index is 13.3. The lowest BCUT2D eigenvalue weighted by Crippen LogP contribution is -2.57. The molecule has 0 aromatic rings. The van der Waals surface area contributed by atoms with Crippen molar-refractivity contribution in [2.24, 2.45) is 49.4 Å². The normalized spacial score (nSPS) is 16.3. The van der Waals surface area contributed by atoms with Crippen molar-refractivity contribution in [3.8, 4) is 0 Å². The number of carboxylic acids is 1. The van der Waals surface area contributed by atoms with Crippen LogP contribution in [0.2, 0.25) is 0 Å². The number of carboxylic acid groups (broad SMARTS) is 1. The molecular weight excluding hydrogens is 538 g/mol. The van der Waals surface area contributed by atoms with E-state index in [-0.39, 0.29) is 69.1 Å². The van der Waals surface area contributed by atoms with Crippen LogP contribution in [0.4, 0.5) is 0 Å². The van der Waals surface area contributed by atoms with Crippen molar-refractivity contribution in [3.63, 3.8) is 0 Å². The summed E-state index contributed by atoms with van der Waals surface area (Å²) >= 11 is 0. The zero-order chi connectivity index (χ0) is 30.8. The van der Waals surface area contributed by atoms with Crippen LogP contribution in [0.15, 0.2) is 15.0 Å². The number of aliphatic imine (C=N–C) groups is 3. The highest BCUT2D eigenvalue weighted by molar-refractivity contribution is 5.94. The van der Waals surface area contributed by atoms with Gasteiger partial charge in [-0.1, -0.05) is 0 Å². The van der Waals surface area contributed by atoms with Gasteiger partial charge < -0.3 is 60.8 Å². The lowest BCUT2D eigenvalue weighted by atomic mass is 10.1. The Morgan fingerprint density at radius 3 is 1.51 bits per heavy atom. The van der Waals surface area contributed by atoms with Crippen molar-refractivity contribution >= 4 is 41.6 Å². The molecule has 0 bridgehead atoms. The van der Waals surface area contributed by atoms with Crippen molar-refractivity contribution < 1.29 is 24.3 Å². The van der Waals surface area contributed by atoms with Gasteiger partial charge in [0.05, 0.1) is 6.04 Å². The van der Waals surface area contributed by atoms with Crippen molar-refractivity contribution in [1.82, 2.24) is 21.3 Å². The highest BCUT2D eigenvalue weighted by Gasteiger charge is 2.31. The molecule has 1 fully saturated rings. The van der Waals surface area contributed by atoms with Crippen LogP contribution in [0.1, 0.15) is 51.4 Å². The van der Waals surface area contributed by atoms with Crippen molar-refractivity contribution in [3.05, 3.63) is 0 Å². The minimum Gasteiger partial charge on any atom is -0.480 e. The Labute approximate surface area is 238 Å². The van der Waals surface area contributed by atoms with E-state index in [1.54, 1.807) is 0 Å². The summed E-state index contributed by atoms with van der Waals surface area (Å²) in [5, 5.41) is 20.5. The zero-order valence-electron chi connectivity index (χ0n) is 23.2. The molecule has 4 atom stereocenters. The third-order valence-electron chi connectivity index (χ3n) is 6.09. The summed E-state index contributed by atoms with van der Waals surface area (Å²) in [7, 11) is 0. The number of hydrogen-bond donors (Lipinski definition) is 11. The number of carbonyl (C=O) groups is 4. The smallest absolute Gasteiger partial charge is 0.326 e. The highest BCUT2D eigenvalue weighted by Crippen LogP contribution is 2.09. The monoisotopic (exact) mass is 583 g/mol. The Morgan fingerprint density at radius 1 is 0.707 bits per heavy atom. The number of aliphatic carboxylic acids is 1. The fourth-order valence-electron chi connectivity index (χ4n) is 4.03. The van der Waals surface area contributed by atoms with E-state index in [4.69, 9.17) is 34.4 Å². The van der Waals surface area contributed by atoms with Gasteiger partial charge in [0, 0.05) is 19.6 Å². The number of carbonyl (C=O) groups excluding carboxylic acids is 3. The first-order valence-electron chi connectivity index (χ1n) is 13.4. The summed E-state index contributed by atoms with van der Waals surface area (Å²) in [6.45, 7) is 1.27. The molecule has 1 aliphatic rings. The number of amides is 3. The fraction of sp³-hybridized carbons (Fsp3) is 0.696. The van der Waals surface area contributed by atoms with Crippen LogP contribution >= 0.6 is 0 Å². The molecule has 0 saturated carbocycles. The van der Waals surface area contributed by atoms with Gasteiger partial charge in [0.1, 0.15) is 18.1 Å². The first-order chi connectivity index (χ1) is 19.4. The molecule has 18 heteroatoms. The van der Waals surface area contributed by atoms with Gasteiger partial charge >= 0.3 is 5.97 Å². The average Bonchev–Trinajstić information content (AvgIpc) is 3.43. The van der Waals surface area contributed by atoms with E-state index in [2.05, 4.69) is 36.2 Å². The van der Waals surface area contributed by atoms with E-state index in [9.17, 15) is 24.3 Å². The molecule has 3 amide bonds. The predicted octanol–water partition coefficient (Wildman–Crippen LogP) is -4.56. The molecule has 0 aromatic heterocycles. The topological polar surface area (TPSA) is 330 Å². The third kappa shape index (κ3) is 15.1. The molecule has 1 heterocycles. The summed E-state index contributed by atoms with van der Waals surface area (Å²) in [6.07, 6.45) is 2.73. The molecule has 0 radical (unpaired) electrons. The second kappa shape index (κ2) is 18.9. The summed E-state index contributed by atoms with van der Waals surface area (Å²) in [5.74, 6) is -3.32. The van der Waals surface area contributed by atoms with Gasteiger partial charge in [-0.05, 0) is 57.9 Å². The Morgan fingerprint density at radius 2 is 1.12 bits per heavy atom. The molecule has 1 aliphatic heterocycles. The Kier molecular flexibility index (Phi) is 15.9. The molecule has 0 aliphatic carbocycles. The lowest BCUT2D eigenvalue weighted by molar-refractivity contribution is -0.142. The number of nitrogens with zero attached hydrogens (tertiary/aromatic N) is 3. The number of nitrogens with two attached hydrogens (primary N) is 6. The minimum atomic E-state index is -1.26. The molecule has 18 nitrogen and oxygen atoms in total. The number of hydrogen-bond acceptors (Lipinski definition) is 8. The molecule has 0 spiro atoms. The largest absolute Gasteiger partial charge is 0.480 e. The SMILES string of the molecule is NC(N)=NCCCC(NC(=O)C(CCCN=C(N)N)NC(=O)C(CCCN=C(N)N)NC(=O)C1CCCN1)C(=O)O. The average molecular weight is 584 g/mol. The number of rotatable bonds is 19. The summed E-state index contributed by atoms with van der Waals surface area (Å²) in [6, 6.07) is -3.82. The number of guanidine groups is 3. The van der Waals surface area contributed by atoms with Gasteiger partial charge in [0.25, 0.3) is 0 Å². The van der Waals surface area contributed by atoms with E-state index in [0.29, 0.717) is 25.8 Å². The summed E-state index contributed by atoms with van der Waals surface area (Å²) < 4.78 is 0. The zero-order valence-corrected chi connectivity index (χ0v) is 23.2. The van der Waals surface area contributed by atoms with Crippen LogP contribution in [0, 0.1) is 0 Å². The Hall–Kier alpha value is -4.35. The van der Waals surface area contributed by atoms with E-state index >= 15 is 0 Å². The van der Waals surface area contributed by atoms with Crippen molar-refractivity contribution in [2.75, 3.05) is 26.2 Å². The number of nitrogens with one attached hydrogen (secondary N) is 4. The van der Waals surface area contributed by atoms with Gasteiger partial charge in [0.2, 0.25) is 17.7 Å². The van der Waals surface area contributed by atoms with Crippen LogP contribution in [0.3, 0.4) is 0 Å². The third-order valence-corrected chi connectivity index (χ3v) is 6.09. The van der Waals surface area contributed by atoms with E-state index in [1.165, 1.54) is 0 Å². The van der Waals surface area contributed by atoms with Crippen LogP contribution in [0.25, 0.3) is 0 Å². The molecule has 0 aromatic carbocycles. The summed E-state index contributed by atoms with van der Waals surface area (Å²) in [5.41, 5.74) is 32.0. The quantitative estimate of drug-likeness (QED) is 0.0389. The van der Waals surface area contributed by atoms with Gasteiger partial charge in [-0.2, -0.15) is 0 Å². The first-order valence-corrected chi connectivity index (χ1v) is 13.4. The lowest BCUT2D eigenvalue weighted by Gasteiger charge is -2.25. The van der Waals surface area contributed by atoms with E-state index in [1.807, 2.05) is 0 Å². The van der Waals surface area contributed by atoms with Crippen LogP contribution < -0.4 is 55.7 Å². The van der Waals surface area contributed by atoms with Crippen molar-refractivity contribution in [2.45, 2.75) is 75.5 Å². The molecule has 232 valence electrons. The second-order valence-corrected chi connectivity index (χ2v) is 9.52. The van der Waals surface area contributed by atoms with Crippen LogP contribution in [0.5, 0.6) is 0 Å². The van der Waals surface area contributed by atoms with Crippen LogP contribution in [-0.4, -0.2) is 97.0 Å². The van der Waals surface area contributed by atoms with Crippen molar-refractivity contribution in [1.29, 1.82) is 0 Å². The Bertz CT molecular complexity index is 954. The van der Waals surface area contributed by atoms with Gasteiger partial charge in [-0.25, -0.2) is 4.79 Å². The van der Waals surface area contributed by atoms with Gasteiger partial charge in [-0.15, -0.1) is 0 Å².